The van der Waals surface area contributed by atoms with Crippen molar-refractivity contribution in [1.82, 2.24) is 15.2 Å². The van der Waals surface area contributed by atoms with Crippen LogP contribution in [0.2, 0.25) is 0 Å². The number of carbonyl (C=O) groups is 1. The van der Waals surface area contributed by atoms with E-state index < -0.39 is 28.8 Å². The molecular formula is C27H31F4N3O3. The van der Waals surface area contributed by atoms with E-state index in [1.54, 1.807) is 12.4 Å². The molecule has 2 N–H and O–H groups in total. The van der Waals surface area contributed by atoms with E-state index in [2.05, 4.69) is 15.2 Å². The van der Waals surface area contributed by atoms with Gasteiger partial charge in [0.1, 0.15) is 11.4 Å². The molecule has 37 heavy (non-hydrogen) atoms. The van der Waals surface area contributed by atoms with E-state index in [-0.39, 0.29) is 30.0 Å². The predicted molar refractivity (Wildman–Crippen MR) is 127 cm³/mol. The molecule has 5 rings (SSSR count). The average Bonchev–Trinajstić information content (AvgIpc) is 3.74. The second-order valence-electron chi connectivity index (χ2n) is 10.5. The smallest absolute Gasteiger partial charge is 0.385 e. The first kappa shape index (κ1) is 26.1. The van der Waals surface area contributed by atoms with Crippen molar-refractivity contribution in [2.75, 3.05) is 19.7 Å². The van der Waals surface area contributed by atoms with Crippen molar-refractivity contribution in [2.45, 2.75) is 68.5 Å². The number of aliphatic hydroxyl groups is 1. The first-order valence-electron chi connectivity index (χ1n) is 12.7. The lowest BCUT2D eigenvalue weighted by Crippen LogP contribution is -2.58. The Morgan fingerprint density at radius 3 is 2.51 bits per heavy atom. The number of piperidine rings is 1. The molecule has 1 amide bonds. The molecule has 2 unspecified atom stereocenters. The highest BCUT2D eigenvalue weighted by Gasteiger charge is 2.54. The molecule has 3 heterocycles. The number of pyridine rings is 1. The highest BCUT2D eigenvalue weighted by atomic mass is 19.4. The van der Waals surface area contributed by atoms with Gasteiger partial charge in [0.05, 0.1) is 17.8 Å². The fourth-order valence-corrected chi connectivity index (χ4v) is 5.74. The molecule has 2 atom stereocenters. The lowest BCUT2D eigenvalue weighted by atomic mass is 9.83. The maximum Gasteiger partial charge on any atom is 0.416 e. The number of ether oxygens (including phenoxy) is 1. The molecular weight excluding hydrogens is 490 g/mol. The van der Waals surface area contributed by atoms with Gasteiger partial charge in [0.2, 0.25) is 0 Å². The molecule has 10 heteroatoms. The van der Waals surface area contributed by atoms with Crippen LogP contribution in [-0.4, -0.2) is 52.2 Å². The Kier molecular flexibility index (Phi) is 7.02. The molecule has 1 aliphatic carbocycles. The summed E-state index contributed by atoms with van der Waals surface area (Å²) in [5, 5.41) is 13.8. The van der Waals surface area contributed by atoms with Crippen molar-refractivity contribution < 1.29 is 32.2 Å². The number of nitrogens with zero attached hydrogens (tertiary/aromatic N) is 2. The summed E-state index contributed by atoms with van der Waals surface area (Å²) < 4.78 is 59.1. The number of hydrogen-bond donors (Lipinski definition) is 2. The summed E-state index contributed by atoms with van der Waals surface area (Å²) in [7, 11) is 0. The zero-order chi connectivity index (χ0) is 26.3. The summed E-state index contributed by atoms with van der Waals surface area (Å²) in [5.41, 5.74) is -2.12. The minimum Gasteiger partial charge on any atom is -0.385 e. The number of carbonyl (C=O) groups excluding carboxylic acids is 1. The predicted octanol–water partition coefficient (Wildman–Crippen LogP) is 4.17. The fraction of sp³-hybridized carbons (Fsp3) is 0.556. The number of aromatic nitrogens is 1. The van der Waals surface area contributed by atoms with Gasteiger partial charge in [-0.3, -0.25) is 14.7 Å². The second-order valence-corrected chi connectivity index (χ2v) is 10.5. The molecule has 2 saturated heterocycles. The molecule has 6 nitrogen and oxygen atoms in total. The van der Waals surface area contributed by atoms with E-state index in [0.717, 1.165) is 37.0 Å². The van der Waals surface area contributed by atoms with Crippen molar-refractivity contribution in [3.63, 3.8) is 0 Å². The Labute approximate surface area is 213 Å². The summed E-state index contributed by atoms with van der Waals surface area (Å²) in [6.45, 7) is 1.56. The van der Waals surface area contributed by atoms with Crippen molar-refractivity contribution >= 4 is 5.91 Å². The molecule has 2 aliphatic heterocycles. The van der Waals surface area contributed by atoms with Crippen molar-refractivity contribution in [3.8, 4) is 0 Å². The first-order valence-corrected chi connectivity index (χ1v) is 12.7. The number of likely N-dealkylation sites (tertiary alicyclic amines) is 1. The minimum absolute atomic E-state index is 0.0507. The van der Waals surface area contributed by atoms with E-state index in [1.165, 1.54) is 0 Å². The van der Waals surface area contributed by atoms with Gasteiger partial charge in [0, 0.05) is 43.6 Å². The summed E-state index contributed by atoms with van der Waals surface area (Å²) >= 11 is 0. The van der Waals surface area contributed by atoms with Crippen LogP contribution in [0.3, 0.4) is 0 Å². The molecule has 1 saturated carbocycles. The second kappa shape index (κ2) is 9.96. The minimum atomic E-state index is -4.67. The molecule has 2 aromatic rings. The molecule has 3 fully saturated rings. The van der Waals surface area contributed by atoms with Crippen LogP contribution in [-0.2, 0) is 27.9 Å². The molecule has 1 aromatic heterocycles. The standard InChI is InChI=1S/C27H31F4N3O3/c28-22-13-18(12-21(14-22)27(29,30)31)15-33-24(35)26(19-3-4-19)6-5-23(17-37-26)34-10-7-25(36,8-11-34)20-2-1-9-32-16-20/h1-2,9,12-14,16,19,23,36H,3-8,10-11,15,17H2,(H,33,35). The van der Waals surface area contributed by atoms with E-state index in [1.807, 2.05) is 12.1 Å². The van der Waals surface area contributed by atoms with Crippen LogP contribution in [0.4, 0.5) is 17.6 Å². The van der Waals surface area contributed by atoms with E-state index >= 15 is 0 Å². The van der Waals surface area contributed by atoms with Gasteiger partial charge in [0.25, 0.3) is 5.91 Å². The SMILES string of the molecule is O=C(NCc1cc(F)cc(C(F)(F)F)c1)C1(C2CC2)CCC(N2CCC(O)(c3cccnc3)CC2)CO1. The van der Waals surface area contributed by atoms with Gasteiger partial charge < -0.3 is 15.2 Å². The van der Waals surface area contributed by atoms with Gasteiger partial charge >= 0.3 is 6.18 Å². The van der Waals surface area contributed by atoms with E-state index in [9.17, 15) is 27.5 Å². The Morgan fingerprint density at radius 2 is 1.92 bits per heavy atom. The lowest BCUT2D eigenvalue weighted by molar-refractivity contribution is -0.167. The summed E-state index contributed by atoms with van der Waals surface area (Å²) in [6, 6.07) is 6.13. The van der Waals surface area contributed by atoms with Crippen LogP contribution >= 0.6 is 0 Å². The molecule has 200 valence electrons. The first-order chi connectivity index (χ1) is 17.6. The Hall–Kier alpha value is -2.56. The molecule has 0 radical (unpaired) electrons. The molecule has 3 aliphatic rings. The highest BCUT2D eigenvalue weighted by molar-refractivity contribution is 5.86. The van der Waals surface area contributed by atoms with Crippen LogP contribution in [0.5, 0.6) is 0 Å². The molecule has 0 spiro atoms. The van der Waals surface area contributed by atoms with Gasteiger partial charge in [-0.25, -0.2) is 4.39 Å². The van der Waals surface area contributed by atoms with Crippen LogP contribution in [0.15, 0.2) is 42.7 Å². The van der Waals surface area contributed by atoms with Gasteiger partial charge in [0.15, 0.2) is 0 Å². The Morgan fingerprint density at radius 1 is 1.16 bits per heavy atom. The Balaban J connectivity index is 1.18. The van der Waals surface area contributed by atoms with Crippen molar-refractivity contribution in [3.05, 3.63) is 65.2 Å². The normalized spacial score (nSPS) is 26.6. The largest absolute Gasteiger partial charge is 0.416 e. The molecule has 0 bridgehead atoms. The van der Waals surface area contributed by atoms with Gasteiger partial charge in [-0.1, -0.05) is 6.07 Å². The summed E-state index contributed by atoms with van der Waals surface area (Å²) in [4.78, 5) is 19.7. The average molecular weight is 522 g/mol. The highest BCUT2D eigenvalue weighted by Crippen LogP contribution is 2.47. The number of nitrogens with one attached hydrogen (secondary N) is 1. The van der Waals surface area contributed by atoms with Crippen molar-refractivity contribution in [2.24, 2.45) is 5.92 Å². The van der Waals surface area contributed by atoms with Gasteiger partial charge in [-0.05, 0) is 74.3 Å². The number of alkyl halides is 3. The van der Waals surface area contributed by atoms with Gasteiger partial charge in [-0.15, -0.1) is 0 Å². The topological polar surface area (TPSA) is 74.7 Å². The van der Waals surface area contributed by atoms with Crippen LogP contribution in [0.25, 0.3) is 0 Å². The number of halogens is 4. The fourth-order valence-electron chi connectivity index (χ4n) is 5.74. The van der Waals surface area contributed by atoms with Gasteiger partial charge in [-0.2, -0.15) is 13.2 Å². The quantitative estimate of drug-likeness (QED) is 0.559. The summed E-state index contributed by atoms with van der Waals surface area (Å²) in [5.74, 6) is -1.27. The zero-order valence-electron chi connectivity index (χ0n) is 20.4. The van der Waals surface area contributed by atoms with E-state index in [0.29, 0.717) is 45.0 Å². The third kappa shape index (κ3) is 5.51. The van der Waals surface area contributed by atoms with Crippen LogP contribution in [0, 0.1) is 11.7 Å². The van der Waals surface area contributed by atoms with Crippen LogP contribution < -0.4 is 5.32 Å². The zero-order valence-corrected chi connectivity index (χ0v) is 20.4. The van der Waals surface area contributed by atoms with E-state index in [4.69, 9.17) is 4.74 Å². The third-order valence-corrected chi connectivity index (χ3v) is 8.08. The number of benzene rings is 1. The number of hydrogen-bond acceptors (Lipinski definition) is 5. The van der Waals surface area contributed by atoms with Crippen molar-refractivity contribution in [1.29, 1.82) is 0 Å². The van der Waals surface area contributed by atoms with Crippen LogP contribution in [0.1, 0.15) is 55.2 Å². The number of amides is 1. The maximum atomic E-state index is 13.8. The Bertz CT molecular complexity index is 1110. The lowest BCUT2D eigenvalue weighted by Gasteiger charge is -2.46. The third-order valence-electron chi connectivity index (χ3n) is 8.08. The monoisotopic (exact) mass is 521 g/mol. The maximum absolute atomic E-state index is 13.8. The summed E-state index contributed by atoms with van der Waals surface area (Å²) in [6.07, 6.45) is 2.85. The molecule has 1 aromatic carbocycles. The number of rotatable bonds is 6.